The van der Waals surface area contributed by atoms with Crippen LogP contribution in [-0.4, -0.2) is 54.0 Å². The van der Waals surface area contributed by atoms with Crippen molar-refractivity contribution in [2.24, 2.45) is 0 Å². The Bertz CT molecular complexity index is 1060. The molecule has 0 spiro atoms. The summed E-state index contributed by atoms with van der Waals surface area (Å²) in [6.45, 7) is 6.88. The molecule has 4 rings (SSSR count). The largest absolute Gasteiger partial charge is 0.481 e. The van der Waals surface area contributed by atoms with Crippen LogP contribution in [0.3, 0.4) is 0 Å². The number of hydrogen-bond donors (Lipinski definition) is 1. The quantitative estimate of drug-likeness (QED) is 0.804. The van der Waals surface area contributed by atoms with Crippen LogP contribution in [0.1, 0.15) is 42.9 Å². The van der Waals surface area contributed by atoms with Crippen molar-refractivity contribution in [3.8, 4) is 0 Å². The monoisotopic (exact) mass is 429 g/mol. The van der Waals surface area contributed by atoms with Gasteiger partial charge in [0.15, 0.2) is 0 Å². The van der Waals surface area contributed by atoms with E-state index in [4.69, 9.17) is 0 Å². The molecular formula is C22H27N3O4S. The average molecular weight is 430 g/mol. The van der Waals surface area contributed by atoms with Gasteiger partial charge in [-0.2, -0.15) is 4.31 Å². The van der Waals surface area contributed by atoms with Crippen LogP contribution < -0.4 is 4.90 Å². The van der Waals surface area contributed by atoms with Gasteiger partial charge >= 0.3 is 5.97 Å². The molecule has 1 fully saturated rings. The second-order valence-corrected chi connectivity index (χ2v) is 10.3. The standard InChI is InChI=1S/C22H27N3O4S/c1-14-4-9-21(23-11-14)24-12-15(2)25(16(3)13-24)30(28,29)18-7-5-17-6-8-19(22(26)27)20(17)10-18/h4-5,7,9-11,15-16,19H,6,8,12-13H2,1-3H3,(H,26,27)/t15-,16-,19?/m0/s1. The maximum atomic E-state index is 13.5. The molecule has 0 radical (unpaired) electrons. The van der Waals surface area contributed by atoms with Crippen molar-refractivity contribution in [2.75, 3.05) is 18.0 Å². The van der Waals surface area contributed by atoms with E-state index < -0.39 is 21.9 Å². The molecule has 1 unspecified atom stereocenters. The smallest absolute Gasteiger partial charge is 0.310 e. The molecule has 160 valence electrons. The minimum absolute atomic E-state index is 0.176. The number of aryl methyl sites for hydroxylation is 2. The van der Waals surface area contributed by atoms with Crippen LogP contribution in [0.5, 0.6) is 0 Å². The van der Waals surface area contributed by atoms with Gasteiger partial charge in [0, 0.05) is 31.4 Å². The van der Waals surface area contributed by atoms with Gasteiger partial charge in [-0.05, 0) is 68.5 Å². The Kier molecular flexibility index (Phi) is 5.32. The number of rotatable bonds is 4. The minimum atomic E-state index is -3.75. The van der Waals surface area contributed by atoms with Gasteiger partial charge in [-0.1, -0.05) is 12.1 Å². The summed E-state index contributed by atoms with van der Waals surface area (Å²) < 4.78 is 28.6. The highest BCUT2D eigenvalue weighted by atomic mass is 32.2. The summed E-state index contributed by atoms with van der Waals surface area (Å²) >= 11 is 0. The molecule has 1 aliphatic heterocycles. The number of benzene rings is 1. The van der Waals surface area contributed by atoms with Gasteiger partial charge in [0.05, 0.1) is 10.8 Å². The molecule has 1 aliphatic carbocycles. The van der Waals surface area contributed by atoms with Crippen molar-refractivity contribution in [2.45, 2.75) is 56.5 Å². The summed E-state index contributed by atoms with van der Waals surface area (Å²) in [6.07, 6.45) is 3.00. The van der Waals surface area contributed by atoms with Crippen LogP contribution >= 0.6 is 0 Å². The van der Waals surface area contributed by atoms with Crippen LogP contribution in [0.2, 0.25) is 0 Å². The lowest BCUT2D eigenvalue weighted by Crippen LogP contribution is -2.58. The first-order valence-electron chi connectivity index (χ1n) is 10.2. The van der Waals surface area contributed by atoms with Gasteiger partial charge in [0.25, 0.3) is 0 Å². The van der Waals surface area contributed by atoms with Crippen LogP contribution in [0, 0.1) is 6.92 Å². The molecule has 7 nitrogen and oxygen atoms in total. The number of carbonyl (C=O) groups is 1. The van der Waals surface area contributed by atoms with E-state index in [1.165, 1.54) is 0 Å². The van der Waals surface area contributed by atoms with E-state index in [9.17, 15) is 18.3 Å². The molecule has 0 amide bonds. The number of aromatic nitrogens is 1. The van der Waals surface area contributed by atoms with E-state index in [-0.39, 0.29) is 17.0 Å². The van der Waals surface area contributed by atoms with Gasteiger partial charge in [-0.25, -0.2) is 13.4 Å². The zero-order chi connectivity index (χ0) is 21.6. The van der Waals surface area contributed by atoms with Crippen molar-refractivity contribution < 1.29 is 18.3 Å². The fraction of sp³-hybridized carbons (Fsp3) is 0.455. The van der Waals surface area contributed by atoms with E-state index in [0.29, 0.717) is 31.5 Å². The predicted molar refractivity (Wildman–Crippen MR) is 114 cm³/mol. The Morgan fingerprint density at radius 2 is 1.83 bits per heavy atom. The maximum Gasteiger partial charge on any atom is 0.310 e. The lowest BCUT2D eigenvalue weighted by molar-refractivity contribution is -0.138. The number of piperazine rings is 1. The first-order valence-corrected chi connectivity index (χ1v) is 11.7. The zero-order valence-corrected chi connectivity index (χ0v) is 18.3. The minimum Gasteiger partial charge on any atom is -0.481 e. The van der Waals surface area contributed by atoms with E-state index in [1.54, 1.807) is 22.5 Å². The molecule has 1 aromatic carbocycles. The second-order valence-electron chi connectivity index (χ2n) is 8.42. The van der Waals surface area contributed by atoms with Gasteiger partial charge in [-0.15, -0.1) is 0 Å². The highest BCUT2D eigenvalue weighted by Gasteiger charge is 2.40. The molecule has 0 bridgehead atoms. The van der Waals surface area contributed by atoms with Crippen molar-refractivity contribution in [3.63, 3.8) is 0 Å². The lowest BCUT2D eigenvalue weighted by atomic mass is 10.0. The zero-order valence-electron chi connectivity index (χ0n) is 17.4. The number of fused-ring (bicyclic) bond motifs is 1. The third-order valence-electron chi connectivity index (χ3n) is 6.13. The molecule has 3 atom stereocenters. The predicted octanol–water partition coefficient (Wildman–Crippen LogP) is 2.79. The van der Waals surface area contributed by atoms with Gasteiger partial charge < -0.3 is 10.0 Å². The van der Waals surface area contributed by atoms with Crippen LogP contribution in [-0.2, 0) is 21.2 Å². The SMILES string of the molecule is Cc1ccc(N2C[C@H](C)N(S(=O)(=O)c3ccc4c(c3)C(C(=O)O)CC4)[C@@H](C)C2)nc1. The molecule has 8 heteroatoms. The molecule has 1 aromatic heterocycles. The maximum absolute atomic E-state index is 13.5. The number of aliphatic carboxylic acids is 1. The first-order chi connectivity index (χ1) is 14.2. The summed E-state index contributed by atoms with van der Waals surface area (Å²) in [5.41, 5.74) is 2.64. The summed E-state index contributed by atoms with van der Waals surface area (Å²) in [6, 6.07) is 8.44. The molecule has 2 heterocycles. The number of anilines is 1. The molecule has 1 saturated heterocycles. The normalized spacial score (nSPS) is 24.6. The van der Waals surface area contributed by atoms with Crippen molar-refractivity contribution >= 4 is 21.8 Å². The van der Waals surface area contributed by atoms with Crippen molar-refractivity contribution in [1.82, 2.24) is 9.29 Å². The number of carboxylic acids is 1. The highest BCUT2D eigenvalue weighted by Crippen LogP contribution is 2.36. The first kappa shape index (κ1) is 20.8. The Hall–Kier alpha value is -2.45. The van der Waals surface area contributed by atoms with E-state index in [1.807, 2.05) is 39.1 Å². The van der Waals surface area contributed by atoms with E-state index in [0.717, 1.165) is 16.9 Å². The lowest BCUT2D eigenvalue weighted by Gasteiger charge is -2.43. The van der Waals surface area contributed by atoms with Gasteiger partial charge in [0.2, 0.25) is 10.0 Å². The van der Waals surface area contributed by atoms with E-state index in [2.05, 4.69) is 9.88 Å². The molecular weight excluding hydrogens is 402 g/mol. The number of hydrogen-bond acceptors (Lipinski definition) is 5. The summed E-state index contributed by atoms with van der Waals surface area (Å²) in [4.78, 5) is 18.3. The number of pyridine rings is 1. The Morgan fingerprint density at radius 3 is 2.43 bits per heavy atom. The van der Waals surface area contributed by atoms with Gasteiger partial charge in [-0.3, -0.25) is 4.79 Å². The fourth-order valence-corrected chi connectivity index (χ4v) is 6.58. The van der Waals surface area contributed by atoms with E-state index >= 15 is 0 Å². The Morgan fingerprint density at radius 1 is 1.13 bits per heavy atom. The fourth-order valence-electron chi connectivity index (χ4n) is 4.73. The Labute approximate surface area is 177 Å². The molecule has 1 N–H and O–H groups in total. The molecule has 2 aliphatic rings. The summed E-state index contributed by atoms with van der Waals surface area (Å²) in [7, 11) is -3.75. The molecule has 2 aromatic rings. The average Bonchev–Trinajstić information content (AvgIpc) is 3.11. The van der Waals surface area contributed by atoms with Crippen molar-refractivity contribution in [3.05, 3.63) is 53.2 Å². The second kappa shape index (κ2) is 7.67. The third kappa shape index (κ3) is 3.58. The number of sulfonamides is 1. The van der Waals surface area contributed by atoms with Crippen molar-refractivity contribution in [1.29, 1.82) is 0 Å². The number of carboxylic acid groups (broad SMARTS) is 1. The highest BCUT2D eigenvalue weighted by molar-refractivity contribution is 7.89. The summed E-state index contributed by atoms with van der Waals surface area (Å²) in [5.74, 6) is -0.683. The van der Waals surface area contributed by atoms with Gasteiger partial charge in [0.1, 0.15) is 5.82 Å². The molecule has 30 heavy (non-hydrogen) atoms. The summed E-state index contributed by atoms with van der Waals surface area (Å²) in [5, 5.41) is 9.47. The number of nitrogens with zero attached hydrogens (tertiary/aromatic N) is 3. The third-order valence-corrected chi connectivity index (χ3v) is 8.25. The topological polar surface area (TPSA) is 90.8 Å². The van der Waals surface area contributed by atoms with Crippen LogP contribution in [0.15, 0.2) is 41.4 Å². The molecule has 0 saturated carbocycles. The van der Waals surface area contributed by atoms with Crippen LogP contribution in [0.25, 0.3) is 0 Å². The van der Waals surface area contributed by atoms with Crippen LogP contribution in [0.4, 0.5) is 5.82 Å². The Balaban J connectivity index is 1.61.